The zero-order chi connectivity index (χ0) is 28.3. The van der Waals surface area contributed by atoms with E-state index in [4.69, 9.17) is 0 Å². The van der Waals surface area contributed by atoms with Gasteiger partial charge in [0.05, 0.1) is 0 Å². The van der Waals surface area contributed by atoms with Gasteiger partial charge in [0.1, 0.15) is 0 Å². The Balaban J connectivity index is 1.42. The zero-order valence-electron chi connectivity index (χ0n) is 22.4. The number of nitrogens with zero attached hydrogens (tertiary/aromatic N) is 6. The van der Waals surface area contributed by atoms with E-state index in [1.807, 2.05) is 36.4 Å². The Morgan fingerprint density at radius 2 is 1.75 bits per heavy atom. The van der Waals surface area contributed by atoms with Crippen molar-refractivity contribution in [2.24, 2.45) is 0 Å². The summed E-state index contributed by atoms with van der Waals surface area (Å²) in [4.78, 5) is 36.6. The molecule has 212 valence electrons. The number of amides is 2. The molecule has 0 radical (unpaired) electrons. The van der Waals surface area contributed by atoms with Crippen molar-refractivity contribution in [3.63, 3.8) is 0 Å². The highest BCUT2D eigenvalue weighted by Gasteiger charge is 2.37. The number of pyridine rings is 1. The second-order valence-corrected chi connectivity index (χ2v) is 10.5. The molecule has 0 N–H and O–H groups in total. The number of carbonyl (C=O) groups excluding carboxylic acids is 2. The van der Waals surface area contributed by atoms with E-state index >= 15 is 0 Å². The largest absolute Gasteiger partial charge is 0.435 e. The highest BCUT2D eigenvalue weighted by molar-refractivity contribution is 5.92. The highest BCUT2D eigenvalue weighted by Crippen LogP contribution is 2.33. The molecular weight excluding hydrogens is 521 g/mol. The second kappa shape index (κ2) is 11.8. The number of fused-ring (bicyclic) bond motifs is 3. The molecular formula is C29H33F3N6O2. The van der Waals surface area contributed by atoms with Crippen LogP contribution in [-0.2, 0) is 35.4 Å². The number of carbonyl (C=O) groups is 2. The first-order valence-corrected chi connectivity index (χ1v) is 13.6. The molecule has 40 heavy (non-hydrogen) atoms. The average molecular weight is 555 g/mol. The number of para-hydroxylation sites is 1. The zero-order valence-corrected chi connectivity index (χ0v) is 22.4. The Labute approximate surface area is 231 Å². The minimum absolute atomic E-state index is 0.0120. The molecule has 1 fully saturated rings. The lowest BCUT2D eigenvalue weighted by atomic mass is 10.1. The number of benzene rings is 1. The molecule has 4 heterocycles. The summed E-state index contributed by atoms with van der Waals surface area (Å²) in [6.07, 6.45) is 2.95. The molecule has 2 aliphatic heterocycles. The van der Waals surface area contributed by atoms with E-state index in [1.54, 1.807) is 29.1 Å². The lowest BCUT2D eigenvalue weighted by Crippen LogP contribution is -2.45. The molecule has 2 bridgehead atoms. The monoisotopic (exact) mass is 554 g/mol. The van der Waals surface area contributed by atoms with Crippen LogP contribution >= 0.6 is 0 Å². The van der Waals surface area contributed by atoms with Crippen LogP contribution < -0.4 is 4.90 Å². The molecule has 2 atom stereocenters. The van der Waals surface area contributed by atoms with Crippen molar-refractivity contribution in [3.8, 4) is 0 Å². The molecule has 3 aromatic rings. The first-order chi connectivity index (χ1) is 19.2. The van der Waals surface area contributed by atoms with Gasteiger partial charge in [-0.25, -0.2) is 0 Å². The molecule has 5 rings (SSSR count). The molecule has 2 aliphatic rings. The van der Waals surface area contributed by atoms with E-state index in [0.717, 1.165) is 42.1 Å². The third-order valence-electron chi connectivity index (χ3n) is 7.87. The Morgan fingerprint density at radius 3 is 2.48 bits per heavy atom. The van der Waals surface area contributed by atoms with Gasteiger partial charge in [0.25, 0.3) is 0 Å². The van der Waals surface area contributed by atoms with Crippen LogP contribution in [0.4, 0.5) is 18.9 Å². The molecule has 1 aromatic carbocycles. The topological polar surface area (TPSA) is 74.6 Å². The summed E-state index contributed by atoms with van der Waals surface area (Å²) in [6.45, 7) is 3.68. The van der Waals surface area contributed by atoms with Gasteiger partial charge in [0.2, 0.25) is 11.8 Å². The van der Waals surface area contributed by atoms with Gasteiger partial charge in [-0.05, 0) is 54.7 Å². The molecule has 0 unspecified atom stereocenters. The minimum atomic E-state index is -4.53. The van der Waals surface area contributed by atoms with Crippen molar-refractivity contribution in [2.45, 2.75) is 70.5 Å². The molecule has 11 heteroatoms. The van der Waals surface area contributed by atoms with Crippen LogP contribution in [0.3, 0.4) is 0 Å². The predicted molar refractivity (Wildman–Crippen MR) is 143 cm³/mol. The third kappa shape index (κ3) is 6.35. The van der Waals surface area contributed by atoms with E-state index in [0.29, 0.717) is 26.2 Å². The van der Waals surface area contributed by atoms with E-state index < -0.39 is 11.9 Å². The quantitative estimate of drug-likeness (QED) is 0.464. The first-order valence-electron chi connectivity index (χ1n) is 13.6. The Bertz CT molecular complexity index is 1330. The van der Waals surface area contributed by atoms with Crippen molar-refractivity contribution in [3.05, 3.63) is 77.9 Å². The summed E-state index contributed by atoms with van der Waals surface area (Å²) >= 11 is 0. The number of rotatable bonds is 5. The van der Waals surface area contributed by atoms with Crippen LogP contribution in [0, 0.1) is 0 Å². The predicted octanol–water partition coefficient (Wildman–Crippen LogP) is 4.51. The number of halogens is 3. The Morgan fingerprint density at radius 1 is 1.00 bits per heavy atom. The lowest BCUT2D eigenvalue weighted by Gasteiger charge is -2.34. The third-order valence-corrected chi connectivity index (χ3v) is 7.87. The summed E-state index contributed by atoms with van der Waals surface area (Å²) in [5.41, 5.74) is 1.80. The SMILES string of the molecule is CC(=O)N1CC[C@H]2CC[C@@H](CN(C(=O)CCn3ccc(C(F)(F)F)n3)Cc3ccccc31)N2Cc1ccncc1. The Hall–Kier alpha value is -3.73. The fraction of sp³-hybridized carbons (Fsp3) is 0.448. The number of aryl methyl sites for hydroxylation is 1. The summed E-state index contributed by atoms with van der Waals surface area (Å²) in [5, 5.41) is 3.60. The van der Waals surface area contributed by atoms with Crippen LogP contribution in [0.1, 0.15) is 49.4 Å². The number of hydrogen-bond acceptors (Lipinski definition) is 5. The summed E-state index contributed by atoms with van der Waals surface area (Å²) < 4.78 is 40.2. The second-order valence-electron chi connectivity index (χ2n) is 10.5. The van der Waals surface area contributed by atoms with E-state index in [-0.39, 0.29) is 36.9 Å². The fourth-order valence-corrected chi connectivity index (χ4v) is 5.83. The van der Waals surface area contributed by atoms with Gasteiger partial charge in [-0.1, -0.05) is 18.2 Å². The summed E-state index contributed by atoms with van der Waals surface area (Å²) in [5.74, 6) is -0.223. The molecule has 0 aliphatic carbocycles. The molecule has 1 saturated heterocycles. The van der Waals surface area contributed by atoms with Crippen molar-refractivity contribution in [1.29, 1.82) is 0 Å². The smallest absolute Gasteiger partial charge is 0.337 e. The standard InChI is InChI=1S/C29H33F3N6O2/c1-21(39)37-17-10-24-6-7-25(38(24)18-22-8-13-33-14-9-22)20-35(19-23-4-2-3-5-26(23)37)28(40)12-16-36-15-11-27(34-36)29(30,31)32/h2-5,8-9,11,13-15,24-25H,6-7,10,12,16-20H2,1H3/t24-,25+/m1/s1. The summed E-state index contributed by atoms with van der Waals surface area (Å²) in [7, 11) is 0. The van der Waals surface area contributed by atoms with Gasteiger partial charge in [-0.15, -0.1) is 0 Å². The van der Waals surface area contributed by atoms with Crippen molar-refractivity contribution >= 4 is 17.5 Å². The van der Waals surface area contributed by atoms with Crippen LogP contribution in [0.15, 0.2) is 61.1 Å². The molecule has 8 nitrogen and oxygen atoms in total. The number of hydrogen-bond donors (Lipinski definition) is 0. The number of alkyl halides is 3. The Kier molecular flexibility index (Phi) is 8.20. The van der Waals surface area contributed by atoms with E-state index in [2.05, 4.69) is 15.0 Å². The summed E-state index contributed by atoms with van der Waals surface area (Å²) in [6, 6.07) is 12.9. The van der Waals surface area contributed by atoms with Gasteiger partial charge in [-0.3, -0.25) is 24.2 Å². The maximum atomic E-state index is 13.6. The molecule has 0 spiro atoms. The molecule has 0 saturated carbocycles. The van der Waals surface area contributed by atoms with Gasteiger partial charge < -0.3 is 9.80 Å². The average Bonchev–Trinajstić information content (AvgIpc) is 3.55. The molecule has 2 aromatic heterocycles. The normalized spacial score (nSPS) is 20.2. The maximum absolute atomic E-state index is 13.6. The maximum Gasteiger partial charge on any atom is 0.435 e. The van der Waals surface area contributed by atoms with E-state index in [1.165, 1.54) is 10.9 Å². The van der Waals surface area contributed by atoms with Gasteiger partial charge in [0.15, 0.2) is 5.69 Å². The first kappa shape index (κ1) is 27.8. The fourth-order valence-electron chi connectivity index (χ4n) is 5.83. The van der Waals surface area contributed by atoms with E-state index in [9.17, 15) is 22.8 Å². The van der Waals surface area contributed by atoms with Crippen LogP contribution in [0.25, 0.3) is 0 Å². The minimum Gasteiger partial charge on any atom is -0.337 e. The van der Waals surface area contributed by atoms with Gasteiger partial charge >= 0.3 is 6.18 Å². The lowest BCUT2D eigenvalue weighted by molar-refractivity contribution is -0.141. The van der Waals surface area contributed by atoms with Crippen LogP contribution in [0.5, 0.6) is 0 Å². The van der Waals surface area contributed by atoms with Gasteiger partial charge in [0, 0.05) is 82.4 Å². The molecule has 2 amide bonds. The van der Waals surface area contributed by atoms with Crippen LogP contribution in [-0.4, -0.2) is 61.6 Å². The van der Waals surface area contributed by atoms with Crippen molar-refractivity contribution < 1.29 is 22.8 Å². The van der Waals surface area contributed by atoms with Crippen molar-refractivity contribution in [2.75, 3.05) is 18.0 Å². The van der Waals surface area contributed by atoms with Gasteiger partial charge in [-0.2, -0.15) is 18.3 Å². The van der Waals surface area contributed by atoms with Crippen LogP contribution in [0.2, 0.25) is 0 Å². The number of anilines is 1. The van der Waals surface area contributed by atoms with Crippen molar-refractivity contribution in [1.82, 2.24) is 24.6 Å². The highest BCUT2D eigenvalue weighted by atomic mass is 19.4. The number of aromatic nitrogens is 3.